The van der Waals surface area contributed by atoms with E-state index in [1.165, 1.54) is 45.1 Å². The monoisotopic (exact) mass is 284 g/mol. The molecule has 0 aromatic heterocycles. The van der Waals surface area contributed by atoms with Crippen molar-refractivity contribution in [3.8, 4) is 0 Å². The molecule has 2 unspecified atom stereocenters. The molecule has 1 saturated carbocycles. The van der Waals surface area contributed by atoms with Crippen molar-refractivity contribution in [2.24, 2.45) is 5.92 Å². The molecule has 0 saturated heterocycles. The number of ether oxygens (including phenoxy) is 1. The summed E-state index contributed by atoms with van der Waals surface area (Å²) in [6, 6.07) is 1.45. The highest BCUT2D eigenvalue weighted by Gasteiger charge is 2.27. The first-order valence-electron chi connectivity index (χ1n) is 8.73. The highest BCUT2D eigenvalue weighted by molar-refractivity contribution is 4.84. The molecule has 1 fully saturated rings. The van der Waals surface area contributed by atoms with Gasteiger partial charge in [0.05, 0.1) is 6.61 Å². The molecule has 0 aliphatic heterocycles. The average molecular weight is 284 g/mol. The molecule has 0 spiro atoms. The summed E-state index contributed by atoms with van der Waals surface area (Å²) in [5.41, 5.74) is 0. The summed E-state index contributed by atoms with van der Waals surface area (Å²) in [6.07, 6.45) is 8.06. The zero-order valence-corrected chi connectivity index (χ0v) is 14.2. The first kappa shape index (κ1) is 17.9. The Labute approximate surface area is 126 Å². The highest BCUT2D eigenvalue weighted by atomic mass is 16.5. The van der Waals surface area contributed by atoms with E-state index in [-0.39, 0.29) is 0 Å². The van der Waals surface area contributed by atoms with E-state index in [0.29, 0.717) is 6.04 Å². The van der Waals surface area contributed by atoms with E-state index >= 15 is 0 Å². The van der Waals surface area contributed by atoms with Crippen LogP contribution in [0.5, 0.6) is 0 Å². The summed E-state index contributed by atoms with van der Waals surface area (Å²) >= 11 is 0. The molecule has 1 aliphatic carbocycles. The minimum Gasteiger partial charge on any atom is -0.383 e. The van der Waals surface area contributed by atoms with Gasteiger partial charge in [0.1, 0.15) is 0 Å². The number of hydrogen-bond donors (Lipinski definition) is 1. The Hall–Kier alpha value is -0.120. The van der Waals surface area contributed by atoms with Crippen molar-refractivity contribution in [2.45, 2.75) is 71.4 Å². The molecule has 2 atom stereocenters. The summed E-state index contributed by atoms with van der Waals surface area (Å²) in [4.78, 5) is 2.68. The van der Waals surface area contributed by atoms with Gasteiger partial charge in [-0.25, -0.2) is 0 Å². The number of nitrogens with one attached hydrogen (secondary N) is 1. The number of hydrogen-bond acceptors (Lipinski definition) is 3. The molecule has 0 bridgehead atoms. The van der Waals surface area contributed by atoms with Crippen molar-refractivity contribution >= 4 is 0 Å². The first-order valence-corrected chi connectivity index (χ1v) is 8.73. The lowest BCUT2D eigenvalue weighted by Crippen LogP contribution is -2.47. The Morgan fingerprint density at radius 1 is 1.15 bits per heavy atom. The topological polar surface area (TPSA) is 24.5 Å². The van der Waals surface area contributed by atoms with Crippen molar-refractivity contribution in [1.29, 1.82) is 0 Å². The van der Waals surface area contributed by atoms with E-state index in [1.807, 2.05) is 7.11 Å². The predicted molar refractivity (Wildman–Crippen MR) is 87.2 cm³/mol. The van der Waals surface area contributed by atoms with E-state index in [0.717, 1.165) is 31.7 Å². The fraction of sp³-hybridized carbons (Fsp3) is 1.00. The van der Waals surface area contributed by atoms with E-state index in [9.17, 15) is 0 Å². The van der Waals surface area contributed by atoms with E-state index in [2.05, 4.69) is 31.0 Å². The molecule has 1 N–H and O–H groups in total. The van der Waals surface area contributed by atoms with Gasteiger partial charge in [0.25, 0.3) is 0 Å². The van der Waals surface area contributed by atoms with E-state index < -0.39 is 0 Å². The largest absolute Gasteiger partial charge is 0.383 e. The van der Waals surface area contributed by atoms with Crippen molar-refractivity contribution in [2.75, 3.05) is 33.4 Å². The van der Waals surface area contributed by atoms with Gasteiger partial charge in [-0.1, -0.05) is 33.6 Å². The van der Waals surface area contributed by atoms with Crippen LogP contribution >= 0.6 is 0 Å². The maximum Gasteiger partial charge on any atom is 0.0589 e. The van der Waals surface area contributed by atoms with Crippen LogP contribution in [0.3, 0.4) is 0 Å². The molecule has 20 heavy (non-hydrogen) atoms. The van der Waals surface area contributed by atoms with Crippen LogP contribution in [0.15, 0.2) is 0 Å². The Morgan fingerprint density at radius 3 is 2.45 bits per heavy atom. The first-order chi connectivity index (χ1) is 9.76. The van der Waals surface area contributed by atoms with E-state index in [4.69, 9.17) is 4.74 Å². The van der Waals surface area contributed by atoms with Crippen LogP contribution in [0.2, 0.25) is 0 Å². The quantitative estimate of drug-likeness (QED) is 0.666. The second-order valence-corrected chi connectivity index (χ2v) is 6.17. The summed E-state index contributed by atoms with van der Waals surface area (Å²) < 4.78 is 5.32. The Kier molecular flexibility index (Phi) is 9.49. The van der Waals surface area contributed by atoms with Crippen molar-refractivity contribution in [3.63, 3.8) is 0 Å². The van der Waals surface area contributed by atoms with Crippen LogP contribution < -0.4 is 5.32 Å². The predicted octanol–water partition coefficient (Wildman–Crippen LogP) is 3.29. The lowest BCUT2D eigenvalue weighted by Gasteiger charge is -2.39. The summed E-state index contributed by atoms with van der Waals surface area (Å²) in [6.45, 7) is 11.1. The maximum absolute atomic E-state index is 5.32. The summed E-state index contributed by atoms with van der Waals surface area (Å²) in [5.74, 6) is 0.821. The van der Waals surface area contributed by atoms with Gasteiger partial charge in [0, 0.05) is 32.3 Å². The van der Waals surface area contributed by atoms with Gasteiger partial charge in [0.2, 0.25) is 0 Å². The number of rotatable bonds is 10. The molecule has 0 aromatic rings. The van der Waals surface area contributed by atoms with Crippen LogP contribution in [-0.2, 0) is 4.74 Å². The number of nitrogens with zero attached hydrogens (tertiary/aromatic N) is 1. The van der Waals surface area contributed by atoms with Crippen LogP contribution in [0.1, 0.15) is 59.3 Å². The molecule has 1 rings (SSSR count). The molecular formula is C17H36N2O. The van der Waals surface area contributed by atoms with Crippen molar-refractivity contribution in [3.05, 3.63) is 0 Å². The molecule has 3 nitrogen and oxygen atoms in total. The second kappa shape index (κ2) is 10.6. The molecule has 120 valence electrons. The Morgan fingerprint density at radius 2 is 1.85 bits per heavy atom. The summed E-state index contributed by atoms with van der Waals surface area (Å²) in [5, 5.41) is 3.71. The Bertz CT molecular complexity index is 229. The van der Waals surface area contributed by atoms with Gasteiger partial charge in [-0.2, -0.15) is 0 Å². The average Bonchev–Trinajstić information content (AvgIpc) is 2.48. The lowest BCUT2D eigenvalue weighted by molar-refractivity contribution is 0.0852. The van der Waals surface area contributed by atoms with Crippen LogP contribution in [-0.4, -0.2) is 50.3 Å². The van der Waals surface area contributed by atoms with Crippen LogP contribution in [0, 0.1) is 5.92 Å². The zero-order valence-electron chi connectivity index (χ0n) is 14.2. The van der Waals surface area contributed by atoms with E-state index in [1.54, 1.807) is 0 Å². The van der Waals surface area contributed by atoms with Gasteiger partial charge in [-0.3, -0.25) is 4.90 Å². The molecule has 3 heteroatoms. The SMILES string of the molecule is CCNC1CCCCC1CN(CCOC)C(CC)CC. The van der Waals surface area contributed by atoms with Gasteiger partial charge < -0.3 is 10.1 Å². The third-order valence-corrected chi connectivity index (χ3v) is 4.89. The van der Waals surface area contributed by atoms with Crippen LogP contribution in [0.25, 0.3) is 0 Å². The fourth-order valence-electron chi connectivity index (χ4n) is 3.69. The molecule has 0 radical (unpaired) electrons. The lowest BCUT2D eigenvalue weighted by atomic mass is 9.83. The van der Waals surface area contributed by atoms with Crippen molar-refractivity contribution in [1.82, 2.24) is 10.2 Å². The number of methoxy groups -OCH3 is 1. The highest BCUT2D eigenvalue weighted by Crippen LogP contribution is 2.26. The normalized spacial score (nSPS) is 23.7. The summed E-state index contributed by atoms with van der Waals surface area (Å²) in [7, 11) is 1.81. The minimum absolute atomic E-state index is 0.717. The molecule has 0 heterocycles. The minimum atomic E-state index is 0.717. The van der Waals surface area contributed by atoms with Gasteiger partial charge in [0.15, 0.2) is 0 Å². The molecule has 0 aromatic carbocycles. The van der Waals surface area contributed by atoms with Gasteiger partial charge >= 0.3 is 0 Å². The smallest absolute Gasteiger partial charge is 0.0589 e. The molecule has 1 aliphatic rings. The molecule has 0 amide bonds. The van der Waals surface area contributed by atoms with Crippen LogP contribution in [0.4, 0.5) is 0 Å². The standard InChI is InChI=1S/C17H36N2O/c1-5-16(6-2)19(12-13-20-4)14-15-10-8-9-11-17(15)18-7-3/h15-18H,5-14H2,1-4H3. The van der Waals surface area contributed by atoms with Gasteiger partial charge in [-0.15, -0.1) is 0 Å². The van der Waals surface area contributed by atoms with Gasteiger partial charge in [-0.05, 0) is 38.1 Å². The molecular weight excluding hydrogens is 248 g/mol. The third-order valence-electron chi connectivity index (χ3n) is 4.89. The second-order valence-electron chi connectivity index (χ2n) is 6.17. The fourth-order valence-corrected chi connectivity index (χ4v) is 3.69. The zero-order chi connectivity index (χ0) is 14.8. The Balaban J connectivity index is 2.60. The third kappa shape index (κ3) is 5.71. The maximum atomic E-state index is 5.32. The van der Waals surface area contributed by atoms with Crippen molar-refractivity contribution < 1.29 is 4.74 Å².